The first kappa shape index (κ1) is 21.7. The minimum absolute atomic E-state index is 0.168. The van der Waals surface area contributed by atoms with Crippen LogP contribution in [0.4, 0.5) is 21.8 Å². The predicted octanol–water partition coefficient (Wildman–Crippen LogP) is 3.84. The molecule has 5 heterocycles. The third-order valence-electron chi connectivity index (χ3n) is 6.40. The number of halogens is 1. The van der Waals surface area contributed by atoms with Gasteiger partial charge in [0.25, 0.3) is 11.9 Å². The molecule has 6 rings (SSSR count). The molecule has 2 aliphatic rings. The Hall–Kier alpha value is -3.86. The molecule has 11 heteroatoms. The summed E-state index contributed by atoms with van der Waals surface area (Å²) in [6.45, 7) is 3.74. The van der Waals surface area contributed by atoms with Gasteiger partial charge in [0.05, 0.1) is 36.3 Å². The van der Waals surface area contributed by atoms with Gasteiger partial charge in [0.15, 0.2) is 11.3 Å². The van der Waals surface area contributed by atoms with Crippen molar-refractivity contribution >= 4 is 34.4 Å². The van der Waals surface area contributed by atoms with E-state index in [0.29, 0.717) is 80.8 Å². The van der Waals surface area contributed by atoms with E-state index in [1.807, 2.05) is 11.0 Å². The number of aromatic nitrogens is 3. The van der Waals surface area contributed by atoms with Crippen LogP contribution in [0.5, 0.6) is 0 Å². The number of carbonyl (C=O) groups is 1. The Bertz CT molecular complexity index is 1320. The number of rotatable bonds is 5. The number of benzene rings is 1. The predicted molar refractivity (Wildman–Crippen MR) is 128 cm³/mol. The highest BCUT2D eigenvalue weighted by Crippen LogP contribution is 2.36. The number of nitrogens with one attached hydrogen (secondary N) is 2. The van der Waals surface area contributed by atoms with Crippen molar-refractivity contribution in [3.63, 3.8) is 0 Å². The maximum atomic E-state index is 13.8. The third-order valence-corrected chi connectivity index (χ3v) is 6.40. The molecule has 2 saturated heterocycles. The van der Waals surface area contributed by atoms with Crippen molar-refractivity contribution in [3.05, 3.63) is 42.4 Å². The molecule has 182 valence electrons. The van der Waals surface area contributed by atoms with Gasteiger partial charge in [-0.2, -0.15) is 10.1 Å². The second-order valence-electron chi connectivity index (χ2n) is 8.70. The average molecular weight is 481 g/mol. The molecule has 0 bridgehead atoms. The van der Waals surface area contributed by atoms with Crippen LogP contribution in [0.15, 0.2) is 45.5 Å². The van der Waals surface area contributed by atoms with Crippen molar-refractivity contribution in [2.24, 2.45) is 0 Å². The first-order chi connectivity index (χ1) is 17.1. The number of nitrogens with zero attached hydrogens (tertiary/aromatic N) is 4. The van der Waals surface area contributed by atoms with E-state index in [4.69, 9.17) is 13.6 Å². The molecule has 2 aliphatic heterocycles. The van der Waals surface area contributed by atoms with Crippen molar-refractivity contribution < 1.29 is 22.8 Å². The first-order valence-corrected chi connectivity index (χ1v) is 11.7. The molecule has 2 N–H and O–H groups in total. The zero-order valence-electron chi connectivity index (χ0n) is 19.0. The highest BCUT2D eigenvalue weighted by molar-refractivity contribution is 6.06. The summed E-state index contributed by atoms with van der Waals surface area (Å²) in [5.74, 6) is 0.310. The molecule has 0 spiro atoms. The number of ether oxygens (including phenoxy) is 1. The van der Waals surface area contributed by atoms with Crippen LogP contribution in [0.3, 0.4) is 0 Å². The molecular weight excluding hydrogens is 455 g/mol. The van der Waals surface area contributed by atoms with Crippen molar-refractivity contribution in [3.8, 4) is 11.3 Å². The van der Waals surface area contributed by atoms with Gasteiger partial charge in [-0.15, -0.1) is 0 Å². The van der Waals surface area contributed by atoms with Gasteiger partial charge in [-0.25, -0.2) is 4.39 Å². The Balaban J connectivity index is 1.32. The molecule has 0 saturated carbocycles. The lowest BCUT2D eigenvalue weighted by Crippen LogP contribution is -2.36. The van der Waals surface area contributed by atoms with Crippen LogP contribution in [-0.4, -0.2) is 66.7 Å². The molecule has 1 aromatic carbocycles. The highest BCUT2D eigenvalue weighted by Gasteiger charge is 2.25. The van der Waals surface area contributed by atoms with E-state index < -0.39 is 12.1 Å². The molecule has 3 aromatic heterocycles. The number of piperidine rings is 1. The summed E-state index contributed by atoms with van der Waals surface area (Å²) >= 11 is 0. The summed E-state index contributed by atoms with van der Waals surface area (Å²) in [6, 6.07) is 7.55. The van der Waals surface area contributed by atoms with Crippen molar-refractivity contribution in [2.45, 2.75) is 19.0 Å². The molecule has 0 unspecified atom stereocenters. The van der Waals surface area contributed by atoms with Crippen LogP contribution < -0.4 is 15.1 Å². The second-order valence-corrected chi connectivity index (χ2v) is 8.70. The Kier molecular flexibility index (Phi) is 5.61. The summed E-state index contributed by atoms with van der Waals surface area (Å²) < 4.78 is 31.0. The first-order valence-electron chi connectivity index (χ1n) is 11.7. The minimum atomic E-state index is -0.808. The van der Waals surface area contributed by atoms with Crippen molar-refractivity contribution in [1.29, 1.82) is 0 Å². The molecule has 0 aliphatic carbocycles. The molecule has 0 atom stereocenters. The van der Waals surface area contributed by atoms with Crippen LogP contribution in [0.2, 0.25) is 0 Å². The van der Waals surface area contributed by atoms with E-state index in [9.17, 15) is 9.18 Å². The molecule has 4 aromatic rings. The van der Waals surface area contributed by atoms with Gasteiger partial charge in [-0.1, -0.05) is 0 Å². The Labute approximate surface area is 200 Å². The molecule has 10 nitrogen and oxygen atoms in total. The fourth-order valence-electron chi connectivity index (χ4n) is 4.48. The Morgan fingerprint density at radius 1 is 1.09 bits per heavy atom. The second kappa shape index (κ2) is 9.06. The molecular formula is C24H25FN6O4. The Morgan fingerprint density at radius 2 is 1.91 bits per heavy atom. The molecule has 1 amide bonds. The van der Waals surface area contributed by atoms with Crippen molar-refractivity contribution in [2.75, 3.05) is 54.5 Å². The lowest BCUT2D eigenvalue weighted by Gasteiger charge is -2.32. The number of hydrogen-bond acceptors (Lipinski definition) is 8. The van der Waals surface area contributed by atoms with Gasteiger partial charge < -0.3 is 28.7 Å². The van der Waals surface area contributed by atoms with Gasteiger partial charge in [0.1, 0.15) is 17.4 Å². The highest BCUT2D eigenvalue weighted by atomic mass is 19.1. The number of oxazole rings is 1. The van der Waals surface area contributed by atoms with Gasteiger partial charge >= 0.3 is 0 Å². The maximum absolute atomic E-state index is 13.8. The van der Waals surface area contributed by atoms with Crippen LogP contribution in [0.1, 0.15) is 23.4 Å². The summed E-state index contributed by atoms with van der Waals surface area (Å²) in [5, 5.41) is 9.60. The molecule has 0 radical (unpaired) electrons. The number of aromatic amines is 1. The fraction of sp³-hybridized carbons (Fsp3) is 0.375. The van der Waals surface area contributed by atoms with E-state index in [1.54, 1.807) is 30.6 Å². The van der Waals surface area contributed by atoms with E-state index >= 15 is 0 Å². The topological polar surface area (TPSA) is 113 Å². The van der Waals surface area contributed by atoms with Gasteiger partial charge in [-0.3, -0.25) is 9.89 Å². The van der Waals surface area contributed by atoms with Gasteiger partial charge in [0, 0.05) is 38.4 Å². The smallest absolute Gasteiger partial charge is 0.298 e. The number of amides is 1. The fourth-order valence-corrected chi connectivity index (χ4v) is 4.48. The summed E-state index contributed by atoms with van der Waals surface area (Å²) in [4.78, 5) is 21.9. The number of fused-ring (bicyclic) bond motifs is 1. The van der Waals surface area contributed by atoms with Crippen LogP contribution in [-0.2, 0) is 4.74 Å². The van der Waals surface area contributed by atoms with Gasteiger partial charge in [-0.05, 0) is 31.0 Å². The van der Waals surface area contributed by atoms with Gasteiger partial charge in [0.2, 0.25) is 0 Å². The van der Waals surface area contributed by atoms with E-state index in [-0.39, 0.29) is 5.76 Å². The largest absolute Gasteiger partial charge is 0.451 e. The maximum Gasteiger partial charge on any atom is 0.298 e. The van der Waals surface area contributed by atoms with E-state index in [2.05, 4.69) is 25.4 Å². The zero-order chi connectivity index (χ0) is 23.8. The number of furan rings is 1. The van der Waals surface area contributed by atoms with Crippen molar-refractivity contribution in [1.82, 2.24) is 15.2 Å². The summed E-state index contributed by atoms with van der Waals surface area (Å²) in [5.41, 5.74) is 3.33. The quantitative estimate of drug-likeness (QED) is 0.443. The van der Waals surface area contributed by atoms with E-state index in [0.717, 1.165) is 11.3 Å². The number of morpholine rings is 1. The number of anilines is 3. The molecule has 35 heavy (non-hydrogen) atoms. The Morgan fingerprint density at radius 3 is 2.69 bits per heavy atom. The standard InChI is InChI=1S/C24H25FN6O4/c25-16-3-5-30(6-4-16)19-11-18-22(35-24(29-18)31-7-9-33-10-8-31)12-17(19)28-23(32)21-2-1-20(34-21)15-13-26-27-14-15/h1-2,11-14,16H,3-10H2,(H,26,27)(H,28,32). The number of hydrogen-bond donors (Lipinski definition) is 2. The summed E-state index contributed by atoms with van der Waals surface area (Å²) in [6.07, 6.45) is 3.39. The number of carbonyl (C=O) groups excluding carboxylic acids is 1. The number of H-pyrrole nitrogens is 1. The lowest BCUT2D eigenvalue weighted by molar-refractivity contribution is 0.0997. The third kappa shape index (κ3) is 4.34. The zero-order valence-corrected chi connectivity index (χ0v) is 19.0. The number of alkyl halides is 1. The average Bonchev–Trinajstić information content (AvgIpc) is 3.65. The monoisotopic (exact) mass is 480 g/mol. The van der Waals surface area contributed by atoms with Crippen LogP contribution in [0.25, 0.3) is 22.4 Å². The summed E-state index contributed by atoms with van der Waals surface area (Å²) in [7, 11) is 0. The van der Waals surface area contributed by atoms with Crippen LogP contribution >= 0.6 is 0 Å². The minimum Gasteiger partial charge on any atom is -0.451 e. The SMILES string of the molecule is O=C(Nc1cc2oc(N3CCOCC3)nc2cc1N1CCC(F)CC1)c1ccc(-c2cn[nH]c2)o1. The van der Waals surface area contributed by atoms with E-state index in [1.165, 1.54) is 0 Å². The lowest BCUT2D eigenvalue weighted by atomic mass is 10.1. The normalized spacial score (nSPS) is 17.3. The molecule has 2 fully saturated rings. The van der Waals surface area contributed by atoms with Crippen LogP contribution in [0, 0.1) is 0 Å².